The first-order valence-electron chi connectivity index (χ1n) is 8.84. The summed E-state index contributed by atoms with van der Waals surface area (Å²) in [5, 5.41) is 17.6. The summed E-state index contributed by atoms with van der Waals surface area (Å²) >= 11 is 0. The number of alkyl halides is 17. The Hall–Kier alpha value is -1.31. The summed E-state index contributed by atoms with van der Waals surface area (Å²) in [4.78, 5) is 0. The molecule has 0 unspecified atom stereocenters. The van der Waals surface area contributed by atoms with Crippen molar-refractivity contribution in [3.05, 3.63) is 0 Å². The van der Waals surface area contributed by atoms with Crippen molar-refractivity contribution in [1.29, 1.82) is 0 Å². The zero-order valence-corrected chi connectivity index (χ0v) is 17.0. The molecule has 0 spiro atoms. The first kappa shape index (κ1) is 33.7. The molecule has 0 heterocycles. The van der Waals surface area contributed by atoms with E-state index in [-0.39, 0.29) is 0 Å². The van der Waals surface area contributed by atoms with Gasteiger partial charge in [-0.05, 0) is 0 Å². The monoisotopic (exact) mass is 566 g/mol. The van der Waals surface area contributed by atoms with Crippen LogP contribution < -0.4 is 0 Å². The first-order chi connectivity index (χ1) is 15.1. The van der Waals surface area contributed by atoms with Crippen molar-refractivity contribution >= 4 is 0 Å². The van der Waals surface area contributed by atoms with Crippen LogP contribution in [0.3, 0.4) is 0 Å². The van der Waals surface area contributed by atoms with E-state index in [9.17, 15) is 74.6 Å². The van der Waals surface area contributed by atoms with Crippen LogP contribution in [-0.2, 0) is 0 Å². The van der Waals surface area contributed by atoms with Crippen molar-refractivity contribution in [2.75, 3.05) is 39.9 Å². The predicted molar refractivity (Wildman–Crippen MR) is 80.3 cm³/mol. The van der Waals surface area contributed by atoms with Gasteiger partial charge in [0.25, 0.3) is 0 Å². The number of aliphatic hydroxyl groups is 2. The molecule has 0 aliphatic heterocycles. The third-order valence-corrected chi connectivity index (χ3v) is 5.03. The molecule has 212 valence electrons. The lowest BCUT2D eigenvalue weighted by molar-refractivity contribution is -0.911. The molecule has 0 aromatic carbocycles. The lowest BCUT2D eigenvalue weighted by Crippen LogP contribution is -2.74. The zero-order valence-electron chi connectivity index (χ0n) is 17.0. The van der Waals surface area contributed by atoms with E-state index >= 15 is 0 Å². The number of nitrogens with zero attached hydrogens (tertiary/aromatic N) is 1. The normalized spacial score (nSPS) is 16.1. The van der Waals surface area contributed by atoms with Crippen molar-refractivity contribution < 1.29 is 89.3 Å². The third-order valence-electron chi connectivity index (χ3n) is 5.03. The van der Waals surface area contributed by atoms with E-state index < -0.39 is 91.4 Å². The van der Waals surface area contributed by atoms with Crippen LogP contribution in [0.1, 0.15) is 6.42 Å². The van der Waals surface area contributed by atoms with Gasteiger partial charge in [0.2, 0.25) is 0 Å². The topological polar surface area (TPSA) is 40.5 Å². The average molecular weight is 566 g/mol. The van der Waals surface area contributed by atoms with Crippen LogP contribution >= 0.6 is 0 Å². The van der Waals surface area contributed by atoms with Crippen LogP contribution in [0.5, 0.6) is 0 Å². The van der Waals surface area contributed by atoms with Gasteiger partial charge >= 0.3 is 47.6 Å². The fraction of sp³-hybridized carbons (Fsp3) is 1.00. The number of hydrogen-bond donors (Lipinski definition) is 2. The van der Waals surface area contributed by atoms with E-state index in [4.69, 9.17) is 10.2 Å². The second-order valence-corrected chi connectivity index (χ2v) is 7.64. The van der Waals surface area contributed by atoms with Gasteiger partial charge in [-0.1, -0.05) is 0 Å². The van der Waals surface area contributed by atoms with E-state index in [0.29, 0.717) is 0 Å². The van der Waals surface area contributed by atoms with E-state index in [0.717, 1.165) is 7.05 Å². The number of hydrogen-bond acceptors (Lipinski definition) is 2. The molecule has 0 aromatic rings. The summed E-state index contributed by atoms with van der Waals surface area (Å²) in [7, 11) is 0.849. The van der Waals surface area contributed by atoms with Crippen LogP contribution in [0, 0.1) is 0 Å². The number of quaternary nitrogens is 1. The first-order valence-corrected chi connectivity index (χ1v) is 8.84. The lowest BCUT2D eigenvalue weighted by atomic mass is 9.88. The van der Waals surface area contributed by atoms with Crippen molar-refractivity contribution in [1.82, 2.24) is 0 Å². The minimum absolute atomic E-state index is 0.633. The van der Waals surface area contributed by atoms with Crippen LogP contribution in [0.25, 0.3) is 0 Å². The Bertz CT molecular complexity index is 713. The maximum atomic E-state index is 13.9. The lowest BCUT2D eigenvalue weighted by Gasteiger charge is -2.43. The molecular weight excluding hydrogens is 549 g/mol. The molecular formula is C15H17F17NO2+. The summed E-state index contributed by atoms with van der Waals surface area (Å²) in [6.07, 6.45) is -10.4. The molecule has 0 saturated carbocycles. The van der Waals surface area contributed by atoms with Gasteiger partial charge in [-0.3, -0.25) is 0 Å². The summed E-state index contributed by atoms with van der Waals surface area (Å²) in [5.41, 5.74) is 0. The van der Waals surface area contributed by atoms with Gasteiger partial charge in [-0.2, -0.15) is 74.6 Å². The van der Waals surface area contributed by atoms with Gasteiger partial charge in [0.15, 0.2) is 0 Å². The Balaban J connectivity index is 6.49. The highest BCUT2D eigenvalue weighted by Gasteiger charge is 2.95. The highest BCUT2D eigenvalue weighted by atomic mass is 19.4. The molecule has 35 heavy (non-hydrogen) atoms. The molecule has 0 bridgehead atoms. The Morgan fingerprint density at radius 3 is 1.03 bits per heavy atom. The van der Waals surface area contributed by atoms with Gasteiger partial charge in [0.1, 0.15) is 13.1 Å². The molecule has 0 atom stereocenters. The van der Waals surface area contributed by atoms with Gasteiger partial charge in [-0.25, -0.2) is 0 Å². The summed E-state index contributed by atoms with van der Waals surface area (Å²) < 4.78 is 223. The standard InChI is InChI=1S/C15H17F17NO2/c1-33(4-6-34,5-7-35)3-2-8(16,17)9(18,19)10(20,21)11(22,23)12(24,25)13(26,27)14(28,29)15(30,31)32/h34-35H,2-7H2,1H3/q+1. The van der Waals surface area contributed by atoms with Gasteiger partial charge in [0, 0.05) is 0 Å². The molecule has 0 aliphatic rings. The van der Waals surface area contributed by atoms with E-state index in [2.05, 4.69) is 0 Å². The zero-order chi connectivity index (χ0) is 28.7. The molecule has 0 rings (SSSR count). The van der Waals surface area contributed by atoms with Crippen LogP contribution in [-0.4, -0.2) is 102 Å². The molecule has 0 aromatic heterocycles. The van der Waals surface area contributed by atoms with Crippen molar-refractivity contribution in [2.24, 2.45) is 0 Å². The van der Waals surface area contributed by atoms with Gasteiger partial charge < -0.3 is 14.7 Å². The molecule has 2 N–H and O–H groups in total. The Labute approximate surface area is 184 Å². The molecule has 0 radical (unpaired) electrons. The fourth-order valence-electron chi connectivity index (χ4n) is 2.58. The number of aliphatic hydroxyl groups excluding tert-OH is 2. The highest BCUT2D eigenvalue weighted by molar-refractivity contribution is 5.15. The van der Waals surface area contributed by atoms with E-state index in [1.54, 1.807) is 0 Å². The van der Waals surface area contributed by atoms with Gasteiger partial charge in [-0.15, -0.1) is 0 Å². The minimum atomic E-state index is -8.65. The van der Waals surface area contributed by atoms with Gasteiger partial charge in [0.05, 0.1) is 33.2 Å². The molecule has 0 amide bonds. The number of halogens is 17. The Morgan fingerprint density at radius 2 is 0.743 bits per heavy atom. The minimum Gasteiger partial charge on any atom is -0.391 e. The van der Waals surface area contributed by atoms with Crippen LogP contribution in [0.2, 0.25) is 0 Å². The Morgan fingerprint density at radius 1 is 0.457 bits per heavy atom. The fourth-order valence-corrected chi connectivity index (χ4v) is 2.58. The van der Waals surface area contributed by atoms with Crippen molar-refractivity contribution in [2.45, 2.75) is 54.1 Å². The maximum absolute atomic E-state index is 13.9. The largest absolute Gasteiger partial charge is 0.460 e. The van der Waals surface area contributed by atoms with Crippen LogP contribution in [0.4, 0.5) is 74.6 Å². The molecule has 0 saturated heterocycles. The maximum Gasteiger partial charge on any atom is 0.460 e. The predicted octanol–water partition coefficient (Wildman–Crippen LogP) is 4.82. The number of rotatable bonds is 13. The Kier molecular flexibility index (Phi) is 9.17. The summed E-state index contributed by atoms with van der Waals surface area (Å²) in [6, 6.07) is 0. The molecule has 0 aliphatic carbocycles. The molecule has 3 nitrogen and oxygen atoms in total. The van der Waals surface area contributed by atoms with Crippen LogP contribution in [0.15, 0.2) is 0 Å². The van der Waals surface area contributed by atoms with E-state index in [1.807, 2.05) is 0 Å². The van der Waals surface area contributed by atoms with Crippen molar-refractivity contribution in [3.63, 3.8) is 0 Å². The molecule has 20 heteroatoms. The molecule has 0 fully saturated rings. The second kappa shape index (κ2) is 9.53. The summed E-state index contributed by atoms with van der Waals surface area (Å²) in [6.45, 7) is -4.50. The highest BCUT2D eigenvalue weighted by Crippen LogP contribution is 2.64. The summed E-state index contributed by atoms with van der Waals surface area (Å²) in [5.74, 6) is -56.5. The number of likely N-dealkylation sites (N-methyl/N-ethyl adjacent to an activating group) is 1. The van der Waals surface area contributed by atoms with Crippen molar-refractivity contribution in [3.8, 4) is 0 Å². The average Bonchev–Trinajstić information content (AvgIpc) is 2.65. The SMILES string of the molecule is C[N+](CCO)(CCO)CCC(F)(F)C(F)(F)C(F)(F)C(F)(F)C(F)(F)C(F)(F)C(F)(F)C(F)(F)F. The smallest absolute Gasteiger partial charge is 0.391 e. The quantitative estimate of drug-likeness (QED) is 0.248. The second-order valence-electron chi connectivity index (χ2n) is 7.64. The third kappa shape index (κ3) is 5.24. The van der Waals surface area contributed by atoms with E-state index in [1.165, 1.54) is 0 Å².